The molecule has 2 atom stereocenters. The van der Waals surface area contributed by atoms with Gasteiger partial charge in [-0.25, -0.2) is 0 Å². The van der Waals surface area contributed by atoms with E-state index in [9.17, 15) is 0 Å². The van der Waals surface area contributed by atoms with E-state index in [1.807, 2.05) is 0 Å². The topological polar surface area (TPSA) is 0 Å². The lowest BCUT2D eigenvalue weighted by molar-refractivity contribution is 1.50. The van der Waals surface area contributed by atoms with Crippen molar-refractivity contribution >= 4 is 32.6 Å². The van der Waals surface area contributed by atoms with E-state index in [-0.39, 0.29) is 0 Å². The molecule has 0 aromatic heterocycles. The Labute approximate surface area is 148 Å². The third-order valence-electron chi connectivity index (χ3n) is 4.32. The Bertz CT molecular complexity index is 795. The quantitative estimate of drug-likeness (QED) is 0.372. The molecule has 0 aliphatic carbocycles. The molecule has 0 spiro atoms. The average molecular weight is 349 g/mol. The second-order valence-corrected chi connectivity index (χ2v) is 11.8. The lowest BCUT2D eigenvalue weighted by Gasteiger charge is -2.24. The summed E-state index contributed by atoms with van der Waals surface area (Å²) in [7, 11) is 3.23. The SMILES string of the molecule is CC[P+](P)(C(=Cc1ccccc1)c1ccccc1)c1ccccc1. The van der Waals surface area contributed by atoms with Crippen molar-refractivity contribution in [1.82, 2.24) is 0 Å². The predicted octanol–water partition coefficient (Wildman–Crippen LogP) is 6.34. The zero-order chi connectivity index (χ0) is 16.8. The second kappa shape index (κ2) is 7.89. The van der Waals surface area contributed by atoms with Crippen LogP contribution in [0.5, 0.6) is 0 Å². The predicted molar refractivity (Wildman–Crippen MR) is 114 cm³/mol. The van der Waals surface area contributed by atoms with Crippen molar-refractivity contribution in [2.75, 3.05) is 6.16 Å². The van der Waals surface area contributed by atoms with Gasteiger partial charge in [-0.05, 0) is 30.7 Å². The van der Waals surface area contributed by atoms with Crippen LogP contribution in [0.2, 0.25) is 0 Å². The first-order valence-corrected chi connectivity index (χ1v) is 11.9. The van der Waals surface area contributed by atoms with E-state index in [0.29, 0.717) is 0 Å². The molecule has 2 heteroatoms. The van der Waals surface area contributed by atoms with Crippen molar-refractivity contribution in [3.8, 4) is 0 Å². The normalized spacial score (nSPS) is 14.2. The van der Waals surface area contributed by atoms with Crippen LogP contribution in [0.1, 0.15) is 18.1 Å². The van der Waals surface area contributed by atoms with E-state index in [0.717, 1.165) is 6.16 Å². The standard InChI is InChI=1S/C22H23P2/c1-2-24(23,21-16-10-5-11-17-21)22(20-14-8-4-9-15-20)18-19-12-6-3-7-13-19/h3-18H,2,23H2,1H3/q+1. The van der Waals surface area contributed by atoms with Crippen LogP contribution in [0.3, 0.4) is 0 Å². The first-order valence-electron chi connectivity index (χ1n) is 8.29. The van der Waals surface area contributed by atoms with Gasteiger partial charge in [-0.2, -0.15) is 0 Å². The van der Waals surface area contributed by atoms with E-state index in [1.165, 1.54) is 21.7 Å². The van der Waals surface area contributed by atoms with Crippen LogP contribution in [0.4, 0.5) is 0 Å². The van der Waals surface area contributed by atoms with Crippen molar-refractivity contribution in [3.05, 3.63) is 102 Å². The zero-order valence-corrected chi connectivity index (χ0v) is 16.0. The second-order valence-electron chi connectivity index (χ2n) is 5.83. The molecule has 0 bridgehead atoms. The van der Waals surface area contributed by atoms with Crippen LogP contribution in [-0.4, -0.2) is 6.16 Å². The van der Waals surface area contributed by atoms with Crippen LogP contribution in [-0.2, 0) is 0 Å². The highest BCUT2D eigenvalue weighted by molar-refractivity contribution is 8.33. The summed E-state index contributed by atoms with van der Waals surface area (Å²) in [4.78, 5) is 0. The van der Waals surface area contributed by atoms with Crippen molar-refractivity contribution < 1.29 is 0 Å². The Kier molecular flexibility index (Phi) is 5.62. The number of benzene rings is 3. The summed E-state index contributed by atoms with van der Waals surface area (Å²) >= 11 is 0. The Hall–Kier alpha value is -1.74. The maximum Gasteiger partial charge on any atom is 0.109 e. The van der Waals surface area contributed by atoms with Gasteiger partial charge in [0, 0.05) is 14.5 Å². The zero-order valence-electron chi connectivity index (χ0n) is 14.0. The van der Waals surface area contributed by atoms with Crippen LogP contribution in [0.15, 0.2) is 91.0 Å². The van der Waals surface area contributed by atoms with Gasteiger partial charge in [-0.15, -0.1) is 0 Å². The van der Waals surface area contributed by atoms with Gasteiger partial charge in [-0.1, -0.05) is 78.9 Å². The van der Waals surface area contributed by atoms with Gasteiger partial charge in [0.1, 0.15) is 10.6 Å². The first-order chi connectivity index (χ1) is 11.7. The highest BCUT2D eigenvalue weighted by Crippen LogP contribution is 2.74. The van der Waals surface area contributed by atoms with Gasteiger partial charge in [0.05, 0.1) is 13.1 Å². The Morgan fingerprint density at radius 3 is 1.83 bits per heavy atom. The van der Waals surface area contributed by atoms with Crippen molar-refractivity contribution in [2.45, 2.75) is 6.92 Å². The Morgan fingerprint density at radius 2 is 1.29 bits per heavy atom. The number of rotatable bonds is 5. The highest BCUT2D eigenvalue weighted by atomic mass is 32.1. The number of hydrogen-bond acceptors (Lipinski definition) is 0. The van der Waals surface area contributed by atoms with E-state index in [4.69, 9.17) is 0 Å². The van der Waals surface area contributed by atoms with Crippen molar-refractivity contribution in [1.29, 1.82) is 0 Å². The molecule has 3 aromatic rings. The molecule has 0 amide bonds. The average Bonchev–Trinajstić information content (AvgIpc) is 2.68. The molecule has 0 aliphatic heterocycles. The van der Waals surface area contributed by atoms with Crippen molar-refractivity contribution in [2.24, 2.45) is 0 Å². The molecule has 0 heterocycles. The molecule has 0 N–H and O–H groups in total. The van der Waals surface area contributed by atoms with Gasteiger partial charge in [0.2, 0.25) is 0 Å². The minimum absolute atomic E-state index is 1.12. The fraction of sp³-hybridized carbons (Fsp3) is 0.0909. The fourth-order valence-electron chi connectivity index (χ4n) is 2.93. The summed E-state index contributed by atoms with van der Waals surface area (Å²) in [6.45, 7) is 0.779. The van der Waals surface area contributed by atoms with Crippen LogP contribution in [0, 0.1) is 0 Å². The molecular formula is C22H23P2+. The fourth-order valence-corrected chi connectivity index (χ4v) is 6.80. The van der Waals surface area contributed by atoms with E-state index >= 15 is 0 Å². The maximum absolute atomic E-state index is 3.23. The van der Waals surface area contributed by atoms with Crippen LogP contribution < -0.4 is 5.30 Å². The largest absolute Gasteiger partial charge is 0.109 e. The van der Waals surface area contributed by atoms with Gasteiger partial charge in [-0.3, -0.25) is 0 Å². The molecule has 2 unspecified atom stereocenters. The lowest BCUT2D eigenvalue weighted by atomic mass is 10.1. The van der Waals surface area contributed by atoms with Crippen molar-refractivity contribution in [3.63, 3.8) is 0 Å². The van der Waals surface area contributed by atoms with Crippen LogP contribution >= 0.6 is 15.9 Å². The van der Waals surface area contributed by atoms with Crippen LogP contribution in [0.25, 0.3) is 11.4 Å². The summed E-state index contributed by atoms with van der Waals surface area (Å²) in [6.07, 6.45) is 3.49. The van der Waals surface area contributed by atoms with Gasteiger partial charge < -0.3 is 0 Å². The molecule has 3 rings (SSSR count). The molecule has 0 saturated heterocycles. The van der Waals surface area contributed by atoms with Gasteiger partial charge >= 0.3 is 0 Å². The summed E-state index contributed by atoms with van der Waals surface area (Å²) < 4.78 is 0. The molecule has 24 heavy (non-hydrogen) atoms. The smallest absolute Gasteiger partial charge is 0.0622 e. The molecule has 0 fully saturated rings. The van der Waals surface area contributed by atoms with Gasteiger partial charge in [0.25, 0.3) is 0 Å². The molecular weight excluding hydrogens is 326 g/mol. The van der Waals surface area contributed by atoms with Gasteiger partial charge in [0.15, 0.2) is 0 Å². The molecule has 120 valence electrons. The Balaban J connectivity index is 2.19. The molecule has 0 radical (unpaired) electrons. The first kappa shape index (κ1) is 17.1. The molecule has 3 aromatic carbocycles. The minimum Gasteiger partial charge on any atom is -0.0622 e. The Morgan fingerprint density at radius 1 is 0.792 bits per heavy atom. The summed E-state index contributed by atoms with van der Waals surface area (Å²) in [5.74, 6) is 0. The maximum atomic E-state index is 3.23. The molecule has 0 saturated carbocycles. The summed E-state index contributed by atoms with van der Waals surface area (Å²) in [5, 5.41) is 2.87. The highest BCUT2D eigenvalue weighted by Gasteiger charge is 2.38. The van der Waals surface area contributed by atoms with E-state index in [1.54, 1.807) is 0 Å². The monoisotopic (exact) mass is 349 g/mol. The lowest BCUT2D eigenvalue weighted by Crippen LogP contribution is -2.09. The van der Waals surface area contributed by atoms with E-state index < -0.39 is 6.95 Å². The third-order valence-corrected chi connectivity index (χ3v) is 10.6. The minimum atomic E-state index is -1.52. The van der Waals surface area contributed by atoms with E-state index in [2.05, 4.69) is 113 Å². The summed E-state index contributed by atoms with van der Waals surface area (Å²) in [5.41, 5.74) is 2.57. The third kappa shape index (κ3) is 3.67. The molecule has 0 nitrogen and oxygen atoms in total. The molecule has 0 aliphatic rings. The number of hydrogen-bond donors (Lipinski definition) is 0. The summed E-state index contributed by atoms with van der Waals surface area (Å²) in [6, 6.07) is 32.4.